The van der Waals surface area contributed by atoms with E-state index in [1.807, 2.05) is 13.8 Å². The van der Waals surface area contributed by atoms with Gasteiger partial charge in [0.05, 0.1) is 23.4 Å². The molecular formula is C18H30BNO3. The van der Waals surface area contributed by atoms with Gasteiger partial charge in [-0.3, -0.25) is 0 Å². The van der Waals surface area contributed by atoms with Gasteiger partial charge in [-0.25, -0.2) is 0 Å². The third-order valence-electron chi connectivity index (χ3n) is 4.79. The fraction of sp³-hybridized carbons (Fsp3) is 0.667. The highest BCUT2D eigenvalue weighted by molar-refractivity contribution is 6.47. The van der Waals surface area contributed by atoms with Crippen LogP contribution >= 0.6 is 0 Å². The molecule has 1 saturated heterocycles. The minimum Gasteiger partial charge on any atom is -0.427 e. The third kappa shape index (κ3) is 4.72. The number of morpholine rings is 1. The van der Waals surface area contributed by atoms with Crippen molar-refractivity contribution in [2.75, 3.05) is 18.0 Å². The van der Waals surface area contributed by atoms with Gasteiger partial charge in [0.15, 0.2) is 0 Å². The summed E-state index contributed by atoms with van der Waals surface area (Å²) < 4.78 is 11.7. The number of benzene rings is 1. The standard InChI is InChI=1S/C18H30BNO3/c1-13-11-20(12-14(2)22-13)16-9-7-15(8-10-16)19-23-18(5,6)17(3,4)21/h7-10,13-14,19,21H,11-12H2,1-6H3/t13-,14+. The molecule has 0 spiro atoms. The maximum atomic E-state index is 10.1. The lowest BCUT2D eigenvalue weighted by Crippen LogP contribution is -2.49. The molecular weight excluding hydrogens is 289 g/mol. The van der Waals surface area contributed by atoms with E-state index in [9.17, 15) is 5.11 Å². The Morgan fingerprint density at radius 3 is 2.09 bits per heavy atom. The molecule has 1 aliphatic heterocycles. The van der Waals surface area contributed by atoms with Crippen LogP contribution in [0.1, 0.15) is 41.5 Å². The topological polar surface area (TPSA) is 41.9 Å². The molecule has 128 valence electrons. The second kappa shape index (κ2) is 6.84. The normalized spacial score (nSPS) is 23.0. The average molecular weight is 319 g/mol. The highest BCUT2D eigenvalue weighted by Gasteiger charge is 2.35. The summed E-state index contributed by atoms with van der Waals surface area (Å²) in [7, 11) is 0.493. The van der Waals surface area contributed by atoms with Gasteiger partial charge in [-0.1, -0.05) is 17.6 Å². The summed E-state index contributed by atoms with van der Waals surface area (Å²) in [5.41, 5.74) is 0.853. The molecule has 2 rings (SSSR count). The van der Waals surface area contributed by atoms with Gasteiger partial charge < -0.3 is 19.4 Å². The summed E-state index contributed by atoms with van der Waals surface area (Å²) in [5.74, 6) is 0. The first-order chi connectivity index (χ1) is 10.6. The van der Waals surface area contributed by atoms with Crippen LogP contribution in [0, 0.1) is 0 Å². The van der Waals surface area contributed by atoms with E-state index in [1.165, 1.54) is 5.69 Å². The zero-order chi connectivity index (χ0) is 17.3. The zero-order valence-electron chi connectivity index (χ0n) is 15.3. The van der Waals surface area contributed by atoms with Gasteiger partial charge in [0.25, 0.3) is 0 Å². The molecule has 0 aliphatic carbocycles. The van der Waals surface area contributed by atoms with E-state index < -0.39 is 11.2 Å². The van der Waals surface area contributed by atoms with Gasteiger partial charge in [0, 0.05) is 18.8 Å². The van der Waals surface area contributed by atoms with Crippen molar-refractivity contribution in [1.82, 2.24) is 0 Å². The maximum Gasteiger partial charge on any atom is 0.309 e. The Labute approximate surface area is 141 Å². The first kappa shape index (κ1) is 18.3. The van der Waals surface area contributed by atoms with Crippen molar-refractivity contribution in [3.63, 3.8) is 0 Å². The molecule has 0 saturated carbocycles. The number of hydrogen-bond donors (Lipinski definition) is 1. The monoisotopic (exact) mass is 319 g/mol. The average Bonchev–Trinajstić information content (AvgIpc) is 2.43. The van der Waals surface area contributed by atoms with Gasteiger partial charge in [-0.2, -0.15) is 0 Å². The van der Waals surface area contributed by atoms with Crippen molar-refractivity contribution in [1.29, 1.82) is 0 Å². The summed E-state index contributed by atoms with van der Waals surface area (Å²) in [6.45, 7) is 13.5. The molecule has 0 radical (unpaired) electrons. The van der Waals surface area contributed by atoms with Gasteiger partial charge in [-0.05, 0) is 53.7 Å². The van der Waals surface area contributed by atoms with Crippen LogP contribution < -0.4 is 10.4 Å². The molecule has 0 amide bonds. The molecule has 5 heteroatoms. The Morgan fingerprint density at radius 1 is 1.09 bits per heavy atom. The second-order valence-electron chi connectivity index (χ2n) is 7.69. The Balaban J connectivity index is 1.97. The molecule has 0 aromatic heterocycles. The van der Waals surface area contributed by atoms with Crippen molar-refractivity contribution in [2.24, 2.45) is 0 Å². The molecule has 1 aromatic rings. The molecule has 1 fully saturated rings. The quantitative estimate of drug-likeness (QED) is 0.841. The number of nitrogens with zero attached hydrogens (tertiary/aromatic N) is 1. The van der Waals surface area contributed by atoms with Crippen LogP contribution in [0.5, 0.6) is 0 Å². The molecule has 1 aromatic carbocycles. The fourth-order valence-electron chi connectivity index (χ4n) is 2.63. The molecule has 4 nitrogen and oxygen atoms in total. The number of rotatable bonds is 5. The Hall–Kier alpha value is -1.04. The van der Waals surface area contributed by atoms with Crippen LogP contribution in [0.2, 0.25) is 0 Å². The van der Waals surface area contributed by atoms with Gasteiger partial charge in [0.2, 0.25) is 0 Å². The van der Waals surface area contributed by atoms with Crippen molar-refractivity contribution in [3.8, 4) is 0 Å². The van der Waals surface area contributed by atoms with Crippen LogP contribution in [-0.4, -0.2) is 49.1 Å². The lowest BCUT2D eigenvalue weighted by molar-refractivity contribution is -0.0893. The number of hydrogen-bond acceptors (Lipinski definition) is 4. The van der Waals surface area contributed by atoms with E-state index in [4.69, 9.17) is 9.39 Å². The van der Waals surface area contributed by atoms with Crippen molar-refractivity contribution >= 4 is 18.6 Å². The highest BCUT2D eigenvalue weighted by Crippen LogP contribution is 2.24. The Morgan fingerprint density at radius 2 is 1.61 bits per heavy atom. The van der Waals surface area contributed by atoms with Gasteiger partial charge in [0.1, 0.15) is 0 Å². The number of anilines is 1. The third-order valence-corrected chi connectivity index (χ3v) is 4.79. The summed E-state index contributed by atoms with van der Waals surface area (Å²) in [6.07, 6.45) is 0.517. The summed E-state index contributed by atoms with van der Waals surface area (Å²) >= 11 is 0. The summed E-state index contributed by atoms with van der Waals surface area (Å²) in [4.78, 5) is 2.37. The van der Waals surface area contributed by atoms with E-state index >= 15 is 0 Å². The predicted molar refractivity (Wildman–Crippen MR) is 96.9 cm³/mol. The van der Waals surface area contributed by atoms with E-state index in [2.05, 4.69) is 43.0 Å². The molecule has 23 heavy (non-hydrogen) atoms. The van der Waals surface area contributed by atoms with Crippen LogP contribution in [0.25, 0.3) is 0 Å². The largest absolute Gasteiger partial charge is 0.427 e. The van der Waals surface area contributed by atoms with E-state index in [0.29, 0.717) is 7.48 Å². The molecule has 1 heterocycles. The fourth-order valence-corrected chi connectivity index (χ4v) is 2.63. The van der Waals surface area contributed by atoms with Crippen LogP contribution in [0.4, 0.5) is 5.69 Å². The molecule has 1 aliphatic rings. The smallest absolute Gasteiger partial charge is 0.309 e. The molecule has 2 atom stereocenters. The first-order valence-electron chi connectivity index (χ1n) is 8.44. The second-order valence-corrected chi connectivity index (χ2v) is 7.69. The van der Waals surface area contributed by atoms with E-state index in [0.717, 1.165) is 18.6 Å². The van der Waals surface area contributed by atoms with Crippen LogP contribution in [0.3, 0.4) is 0 Å². The van der Waals surface area contributed by atoms with E-state index in [1.54, 1.807) is 13.8 Å². The predicted octanol–water partition coefficient (Wildman–Crippen LogP) is 1.84. The summed E-state index contributed by atoms with van der Waals surface area (Å²) in [5, 5.41) is 10.1. The molecule has 0 bridgehead atoms. The number of ether oxygens (including phenoxy) is 1. The van der Waals surface area contributed by atoms with Crippen molar-refractivity contribution in [3.05, 3.63) is 24.3 Å². The maximum absolute atomic E-state index is 10.1. The minimum absolute atomic E-state index is 0.259. The van der Waals surface area contributed by atoms with Crippen LogP contribution in [0.15, 0.2) is 24.3 Å². The van der Waals surface area contributed by atoms with Crippen molar-refractivity contribution < 1.29 is 14.5 Å². The SMILES string of the molecule is C[C@@H]1CN(c2ccc(BOC(C)(C)C(C)(C)O)cc2)C[C@H](C)O1. The number of aliphatic hydroxyl groups is 1. The lowest BCUT2D eigenvalue weighted by Gasteiger charge is -2.38. The minimum atomic E-state index is -0.882. The zero-order valence-corrected chi connectivity index (χ0v) is 15.3. The van der Waals surface area contributed by atoms with Crippen molar-refractivity contribution in [2.45, 2.75) is 65.0 Å². The first-order valence-corrected chi connectivity index (χ1v) is 8.44. The van der Waals surface area contributed by atoms with Gasteiger partial charge >= 0.3 is 7.48 Å². The molecule has 0 unspecified atom stereocenters. The summed E-state index contributed by atoms with van der Waals surface area (Å²) in [6, 6.07) is 8.47. The molecule has 1 N–H and O–H groups in total. The Bertz CT molecular complexity index is 500. The van der Waals surface area contributed by atoms with E-state index in [-0.39, 0.29) is 12.2 Å². The van der Waals surface area contributed by atoms with Gasteiger partial charge in [-0.15, -0.1) is 0 Å². The lowest BCUT2D eigenvalue weighted by atomic mass is 9.82. The Kier molecular flexibility index (Phi) is 5.44. The van der Waals surface area contributed by atoms with Crippen LogP contribution in [-0.2, 0) is 9.39 Å². The highest BCUT2D eigenvalue weighted by atomic mass is 16.5.